The van der Waals surface area contributed by atoms with E-state index >= 15 is 0 Å². The van der Waals surface area contributed by atoms with Crippen LogP contribution >= 0.6 is 0 Å². The molecular formula is C24H27NO5. The van der Waals surface area contributed by atoms with Gasteiger partial charge in [-0.2, -0.15) is 0 Å². The molecule has 1 aliphatic heterocycles. The molecule has 2 aromatic carbocycles. The first-order chi connectivity index (χ1) is 14.6. The first-order valence-corrected chi connectivity index (χ1v) is 10.2. The molecule has 0 aliphatic carbocycles. The lowest BCUT2D eigenvalue weighted by atomic mass is 10.1. The maximum absolute atomic E-state index is 12.0. The molecule has 0 bridgehead atoms. The van der Waals surface area contributed by atoms with Gasteiger partial charge in [0.2, 0.25) is 0 Å². The minimum atomic E-state index is -0.575. The fourth-order valence-corrected chi connectivity index (χ4v) is 3.05. The number of benzene rings is 2. The first kappa shape index (κ1) is 21.4. The van der Waals surface area contributed by atoms with Crippen molar-refractivity contribution in [3.8, 4) is 11.5 Å². The van der Waals surface area contributed by atoms with Gasteiger partial charge in [0.25, 0.3) is 5.91 Å². The van der Waals surface area contributed by atoms with E-state index in [0.717, 1.165) is 24.8 Å². The van der Waals surface area contributed by atoms with Crippen LogP contribution in [0.4, 0.5) is 0 Å². The summed E-state index contributed by atoms with van der Waals surface area (Å²) in [5.41, 5.74) is 2.01. The second-order valence-corrected chi connectivity index (χ2v) is 7.19. The fourth-order valence-electron chi connectivity index (χ4n) is 3.05. The Hall–Kier alpha value is -3.28. The number of carbonyl (C=O) groups is 2. The van der Waals surface area contributed by atoms with Crippen LogP contribution in [0.2, 0.25) is 0 Å². The largest absolute Gasteiger partial charge is 0.490 e. The van der Waals surface area contributed by atoms with Gasteiger partial charge in [-0.3, -0.25) is 4.79 Å². The number of esters is 1. The highest BCUT2D eigenvalue weighted by Crippen LogP contribution is 2.30. The molecule has 0 saturated heterocycles. The number of hydrogen-bond donors (Lipinski definition) is 1. The number of aryl methyl sites for hydroxylation is 1. The molecule has 1 heterocycles. The van der Waals surface area contributed by atoms with E-state index in [1.165, 1.54) is 11.6 Å². The van der Waals surface area contributed by atoms with Crippen LogP contribution in [0.1, 0.15) is 30.9 Å². The molecule has 1 N–H and O–H groups in total. The molecule has 0 unspecified atom stereocenters. The highest BCUT2D eigenvalue weighted by Gasteiger charge is 2.11. The van der Waals surface area contributed by atoms with Crippen molar-refractivity contribution in [1.29, 1.82) is 0 Å². The molecule has 1 aliphatic rings. The van der Waals surface area contributed by atoms with E-state index in [4.69, 9.17) is 14.2 Å². The summed E-state index contributed by atoms with van der Waals surface area (Å²) in [7, 11) is 0. The SMILES string of the molecule is C[C@H](CCc1ccccc1)NC(=O)COC(=O)/C=C/c1ccc2c(c1)OCCCO2. The zero-order valence-corrected chi connectivity index (χ0v) is 17.1. The predicted molar refractivity (Wildman–Crippen MR) is 114 cm³/mol. The van der Waals surface area contributed by atoms with Crippen LogP contribution in [-0.4, -0.2) is 37.7 Å². The highest BCUT2D eigenvalue weighted by atomic mass is 16.5. The van der Waals surface area contributed by atoms with Crippen molar-refractivity contribution in [1.82, 2.24) is 5.32 Å². The van der Waals surface area contributed by atoms with E-state index in [0.29, 0.717) is 24.7 Å². The molecule has 2 aromatic rings. The van der Waals surface area contributed by atoms with Crippen molar-refractivity contribution < 1.29 is 23.8 Å². The number of nitrogens with one attached hydrogen (secondary N) is 1. The fraction of sp³-hybridized carbons (Fsp3) is 0.333. The van der Waals surface area contributed by atoms with Gasteiger partial charge in [-0.05, 0) is 49.1 Å². The molecule has 30 heavy (non-hydrogen) atoms. The lowest BCUT2D eigenvalue weighted by molar-refractivity contribution is -0.144. The first-order valence-electron chi connectivity index (χ1n) is 10.2. The topological polar surface area (TPSA) is 73.9 Å². The van der Waals surface area contributed by atoms with Crippen LogP contribution in [0.25, 0.3) is 6.08 Å². The van der Waals surface area contributed by atoms with Gasteiger partial charge in [0.05, 0.1) is 13.2 Å². The second-order valence-electron chi connectivity index (χ2n) is 7.19. The van der Waals surface area contributed by atoms with E-state index in [-0.39, 0.29) is 18.6 Å². The molecule has 6 heteroatoms. The number of amides is 1. The van der Waals surface area contributed by atoms with Gasteiger partial charge in [0.15, 0.2) is 18.1 Å². The molecular weight excluding hydrogens is 382 g/mol. The van der Waals surface area contributed by atoms with Gasteiger partial charge in [-0.1, -0.05) is 36.4 Å². The highest BCUT2D eigenvalue weighted by molar-refractivity contribution is 5.89. The van der Waals surface area contributed by atoms with E-state index in [1.54, 1.807) is 6.08 Å². The van der Waals surface area contributed by atoms with Gasteiger partial charge in [0, 0.05) is 18.5 Å². The van der Waals surface area contributed by atoms with Crippen LogP contribution < -0.4 is 14.8 Å². The summed E-state index contributed by atoms with van der Waals surface area (Å²) in [4.78, 5) is 23.9. The van der Waals surface area contributed by atoms with Crippen molar-refractivity contribution >= 4 is 18.0 Å². The average molecular weight is 409 g/mol. The summed E-state index contributed by atoms with van der Waals surface area (Å²) >= 11 is 0. The van der Waals surface area contributed by atoms with Crippen LogP contribution in [0.15, 0.2) is 54.6 Å². The number of hydrogen-bond acceptors (Lipinski definition) is 5. The normalized spacial score (nSPS) is 14.0. The Balaban J connectivity index is 1.39. The van der Waals surface area contributed by atoms with Gasteiger partial charge < -0.3 is 19.5 Å². The molecule has 1 atom stereocenters. The lowest BCUT2D eigenvalue weighted by Crippen LogP contribution is -2.36. The van der Waals surface area contributed by atoms with Crippen molar-refractivity contribution in [2.75, 3.05) is 19.8 Å². The summed E-state index contributed by atoms with van der Waals surface area (Å²) in [5, 5.41) is 2.85. The third kappa shape index (κ3) is 6.95. The minimum absolute atomic E-state index is 0.00579. The van der Waals surface area contributed by atoms with Crippen LogP contribution in [0.3, 0.4) is 0 Å². The molecule has 0 radical (unpaired) electrons. The third-order valence-corrected chi connectivity index (χ3v) is 4.65. The van der Waals surface area contributed by atoms with Crippen molar-refractivity contribution in [3.05, 3.63) is 65.7 Å². The smallest absolute Gasteiger partial charge is 0.331 e. The molecule has 0 spiro atoms. The molecule has 0 fully saturated rings. The molecule has 1 amide bonds. The van der Waals surface area contributed by atoms with E-state index in [9.17, 15) is 9.59 Å². The molecule has 158 valence electrons. The average Bonchev–Trinajstić information content (AvgIpc) is 3.00. The maximum atomic E-state index is 12.0. The summed E-state index contributed by atoms with van der Waals surface area (Å²) in [6, 6.07) is 15.5. The van der Waals surface area contributed by atoms with Gasteiger partial charge in [0.1, 0.15) is 0 Å². The molecule has 3 rings (SSSR count). The molecule has 0 saturated carbocycles. The maximum Gasteiger partial charge on any atom is 0.331 e. The number of fused-ring (bicyclic) bond motifs is 1. The summed E-state index contributed by atoms with van der Waals surface area (Å²) < 4.78 is 16.2. The van der Waals surface area contributed by atoms with E-state index in [2.05, 4.69) is 17.4 Å². The van der Waals surface area contributed by atoms with Gasteiger partial charge in [-0.25, -0.2) is 4.79 Å². The molecule has 0 aromatic heterocycles. The Morgan fingerprint density at radius 3 is 2.67 bits per heavy atom. The summed E-state index contributed by atoms with van der Waals surface area (Å²) in [6.45, 7) is 2.86. The Bertz CT molecular complexity index is 878. The van der Waals surface area contributed by atoms with E-state index in [1.807, 2.05) is 43.3 Å². The number of ether oxygens (including phenoxy) is 3. The van der Waals surface area contributed by atoms with Crippen molar-refractivity contribution in [2.45, 2.75) is 32.2 Å². The van der Waals surface area contributed by atoms with Crippen molar-refractivity contribution in [2.24, 2.45) is 0 Å². The summed E-state index contributed by atoms with van der Waals surface area (Å²) in [5.74, 6) is 0.472. The minimum Gasteiger partial charge on any atom is -0.490 e. The Morgan fingerprint density at radius 2 is 1.87 bits per heavy atom. The van der Waals surface area contributed by atoms with Crippen LogP contribution in [-0.2, 0) is 20.7 Å². The third-order valence-electron chi connectivity index (χ3n) is 4.65. The number of carbonyl (C=O) groups excluding carboxylic acids is 2. The second kappa shape index (κ2) is 11.0. The Labute approximate surface area is 176 Å². The zero-order chi connectivity index (χ0) is 21.2. The Morgan fingerprint density at radius 1 is 1.10 bits per heavy atom. The standard InChI is InChI=1S/C24H27NO5/c1-18(8-9-19-6-3-2-4-7-19)25-23(26)17-30-24(27)13-11-20-10-12-21-22(16-20)29-15-5-14-28-21/h2-4,6-7,10-13,16,18H,5,8-9,14-15,17H2,1H3,(H,25,26)/b13-11+/t18-/m1/s1. The van der Waals surface area contributed by atoms with Crippen molar-refractivity contribution in [3.63, 3.8) is 0 Å². The zero-order valence-electron chi connectivity index (χ0n) is 17.1. The quantitative estimate of drug-likeness (QED) is 0.533. The molecule has 6 nitrogen and oxygen atoms in total. The lowest BCUT2D eigenvalue weighted by Gasteiger charge is -2.13. The monoisotopic (exact) mass is 409 g/mol. The van der Waals surface area contributed by atoms with Gasteiger partial charge in [-0.15, -0.1) is 0 Å². The predicted octanol–water partition coefficient (Wildman–Crippen LogP) is 3.54. The van der Waals surface area contributed by atoms with E-state index < -0.39 is 5.97 Å². The van der Waals surface area contributed by atoms with Gasteiger partial charge >= 0.3 is 5.97 Å². The number of rotatable bonds is 8. The van der Waals surface area contributed by atoms with Crippen LogP contribution in [0.5, 0.6) is 11.5 Å². The Kier molecular flexibility index (Phi) is 7.89. The summed E-state index contributed by atoms with van der Waals surface area (Å²) in [6.07, 6.45) is 5.44. The van der Waals surface area contributed by atoms with Crippen LogP contribution in [0, 0.1) is 0 Å².